The number of hydrogen-bond donors (Lipinski definition) is 2. The Hall–Kier alpha value is -1.62. The van der Waals surface area contributed by atoms with E-state index < -0.39 is 0 Å². The van der Waals surface area contributed by atoms with Crippen LogP contribution in [0.1, 0.15) is 31.7 Å². The highest BCUT2D eigenvalue weighted by Gasteiger charge is 2.18. The first-order valence-electron chi connectivity index (χ1n) is 8.02. The lowest BCUT2D eigenvalue weighted by Gasteiger charge is -2.27. The zero-order chi connectivity index (χ0) is 15.8. The van der Waals surface area contributed by atoms with Crippen LogP contribution in [-0.4, -0.2) is 31.8 Å². The third-order valence-corrected chi connectivity index (χ3v) is 4.07. The van der Waals surface area contributed by atoms with Gasteiger partial charge in [-0.05, 0) is 50.2 Å². The van der Waals surface area contributed by atoms with Gasteiger partial charge in [-0.2, -0.15) is 0 Å². The van der Waals surface area contributed by atoms with Crippen LogP contribution in [0.3, 0.4) is 0 Å². The molecule has 2 unspecified atom stereocenters. The smallest absolute Gasteiger partial charge is 0.314 e. The van der Waals surface area contributed by atoms with E-state index in [1.54, 1.807) is 18.2 Å². The van der Waals surface area contributed by atoms with Gasteiger partial charge >= 0.3 is 6.03 Å². The van der Waals surface area contributed by atoms with Crippen LogP contribution in [0.5, 0.6) is 0 Å². The second-order valence-electron chi connectivity index (χ2n) is 5.88. The van der Waals surface area contributed by atoms with E-state index in [1.165, 1.54) is 6.07 Å². The number of amides is 2. The summed E-state index contributed by atoms with van der Waals surface area (Å²) in [7, 11) is 0. The summed E-state index contributed by atoms with van der Waals surface area (Å²) >= 11 is 0. The van der Waals surface area contributed by atoms with Gasteiger partial charge in [0.25, 0.3) is 0 Å². The summed E-state index contributed by atoms with van der Waals surface area (Å²) in [5.74, 6) is 0.404. The van der Waals surface area contributed by atoms with Crippen molar-refractivity contribution in [1.82, 2.24) is 10.6 Å². The van der Waals surface area contributed by atoms with E-state index in [0.717, 1.165) is 25.9 Å². The van der Waals surface area contributed by atoms with Crippen LogP contribution in [0, 0.1) is 11.7 Å². The molecule has 122 valence electrons. The van der Waals surface area contributed by atoms with Crippen molar-refractivity contribution in [2.24, 2.45) is 5.92 Å². The predicted molar refractivity (Wildman–Crippen MR) is 84.3 cm³/mol. The van der Waals surface area contributed by atoms with Crippen LogP contribution in [-0.2, 0) is 11.2 Å². The van der Waals surface area contributed by atoms with Gasteiger partial charge in [0, 0.05) is 19.7 Å². The molecule has 2 N–H and O–H groups in total. The number of rotatable bonds is 6. The molecular weight excluding hydrogens is 283 g/mol. The van der Waals surface area contributed by atoms with Crippen molar-refractivity contribution in [3.8, 4) is 0 Å². The number of ether oxygens (including phenoxy) is 1. The molecule has 0 aromatic heterocycles. The minimum atomic E-state index is -0.224. The molecule has 22 heavy (non-hydrogen) atoms. The van der Waals surface area contributed by atoms with E-state index in [1.807, 2.05) is 0 Å². The van der Waals surface area contributed by atoms with E-state index >= 15 is 0 Å². The summed E-state index contributed by atoms with van der Waals surface area (Å²) in [6.45, 7) is 4.01. The molecule has 1 aliphatic heterocycles. The summed E-state index contributed by atoms with van der Waals surface area (Å²) in [4.78, 5) is 11.7. The Morgan fingerprint density at radius 3 is 2.86 bits per heavy atom. The van der Waals surface area contributed by atoms with Gasteiger partial charge in [-0.3, -0.25) is 0 Å². The van der Waals surface area contributed by atoms with Crippen molar-refractivity contribution in [3.05, 3.63) is 35.6 Å². The Morgan fingerprint density at radius 1 is 1.32 bits per heavy atom. The molecule has 2 amide bonds. The Bertz CT molecular complexity index is 481. The summed E-state index contributed by atoms with van der Waals surface area (Å²) in [6.07, 6.45) is 3.94. The maximum Gasteiger partial charge on any atom is 0.314 e. The van der Waals surface area contributed by atoms with Crippen molar-refractivity contribution >= 4 is 6.03 Å². The van der Waals surface area contributed by atoms with Gasteiger partial charge in [-0.1, -0.05) is 18.2 Å². The van der Waals surface area contributed by atoms with Gasteiger partial charge in [0.1, 0.15) is 5.82 Å². The van der Waals surface area contributed by atoms with Crippen LogP contribution < -0.4 is 10.6 Å². The van der Waals surface area contributed by atoms with Crippen molar-refractivity contribution in [3.63, 3.8) is 0 Å². The summed E-state index contributed by atoms with van der Waals surface area (Å²) in [5, 5.41) is 5.62. The number of nitrogens with one attached hydrogen (secondary N) is 2. The Kier molecular flexibility index (Phi) is 6.65. The zero-order valence-corrected chi connectivity index (χ0v) is 13.1. The molecule has 1 heterocycles. The first-order valence-corrected chi connectivity index (χ1v) is 8.02. The maximum absolute atomic E-state index is 13.4. The molecule has 0 bridgehead atoms. The molecule has 0 saturated carbocycles. The Balaban J connectivity index is 1.57. The average Bonchev–Trinajstić information content (AvgIpc) is 2.49. The molecule has 0 radical (unpaired) electrons. The SMILES string of the molecule is CC1CC(CCNC(=O)NCCc2ccccc2F)CCO1. The van der Waals surface area contributed by atoms with E-state index in [9.17, 15) is 9.18 Å². The number of benzene rings is 1. The molecule has 0 aliphatic carbocycles. The third kappa shape index (κ3) is 5.64. The molecule has 1 aromatic carbocycles. The molecule has 0 spiro atoms. The largest absolute Gasteiger partial charge is 0.378 e. The van der Waals surface area contributed by atoms with E-state index in [0.29, 0.717) is 37.1 Å². The second kappa shape index (κ2) is 8.73. The van der Waals surface area contributed by atoms with Gasteiger partial charge in [0.2, 0.25) is 0 Å². The highest BCUT2D eigenvalue weighted by molar-refractivity contribution is 5.73. The van der Waals surface area contributed by atoms with Gasteiger partial charge in [0.15, 0.2) is 0 Å². The fraction of sp³-hybridized carbons (Fsp3) is 0.588. The van der Waals surface area contributed by atoms with Gasteiger partial charge in [-0.15, -0.1) is 0 Å². The van der Waals surface area contributed by atoms with Crippen LogP contribution in [0.2, 0.25) is 0 Å². The minimum absolute atomic E-state index is 0.184. The van der Waals surface area contributed by atoms with E-state index in [2.05, 4.69) is 17.6 Å². The summed E-state index contributed by atoms with van der Waals surface area (Å²) < 4.78 is 18.9. The quantitative estimate of drug-likeness (QED) is 0.849. The molecule has 1 fully saturated rings. The van der Waals surface area contributed by atoms with Gasteiger partial charge in [-0.25, -0.2) is 9.18 Å². The Morgan fingerprint density at radius 2 is 2.09 bits per heavy atom. The standard InChI is InChI=1S/C17H25FN2O2/c1-13-12-14(8-11-22-13)6-9-19-17(21)20-10-7-15-4-2-3-5-16(15)18/h2-5,13-14H,6-12H2,1H3,(H2,19,20,21). The van der Waals surface area contributed by atoms with Crippen molar-refractivity contribution in [2.45, 2.75) is 38.7 Å². The third-order valence-electron chi connectivity index (χ3n) is 4.07. The predicted octanol–water partition coefficient (Wildman–Crippen LogP) is 2.87. The van der Waals surface area contributed by atoms with Gasteiger partial charge in [0.05, 0.1) is 6.10 Å². The highest BCUT2D eigenvalue weighted by atomic mass is 19.1. The highest BCUT2D eigenvalue weighted by Crippen LogP contribution is 2.22. The molecular formula is C17H25FN2O2. The fourth-order valence-electron chi connectivity index (χ4n) is 2.82. The lowest BCUT2D eigenvalue weighted by atomic mass is 9.93. The summed E-state index contributed by atoms with van der Waals surface area (Å²) in [5.41, 5.74) is 0.624. The number of carbonyl (C=O) groups is 1. The average molecular weight is 308 g/mol. The van der Waals surface area contributed by atoms with Crippen molar-refractivity contribution in [2.75, 3.05) is 19.7 Å². The minimum Gasteiger partial charge on any atom is -0.378 e. The van der Waals surface area contributed by atoms with Crippen molar-refractivity contribution < 1.29 is 13.9 Å². The van der Waals surface area contributed by atoms with Crippen molar-refractivity contribution in [1.29, 1.82) is 0 Å². The monoisotopic (exact) mass is 308 g/mol. The molecule has 1 aliphatic rings. The number of urea groups is 1. The second-order valence-corrected chi connectivity index (χ2v) is 5.88. The Labute approximate surface area is 131 Å². The first-order chi connectivity index (χ1) is 10.6. The zero-order valence-electron chi connectivity index (χ0n) is 13.1. The number of hydrogen-bond acceptors (Lipinski definition) is 2. The molecule has 1 saturated heterocycles. The molecule has 2 rings (SSSR count). The lowest BCUT2D eigenvalue weighted by Crippen LogP contribution is -2.38. The number of halogens is 1. The summed E-state index contributed by atoms with van der Waals surface area (Å²) in [6, 6.07) is 6.45. The van der Waals surface area contributed by atoms with Crippen LogP contribution in [0.15, 0.2) is 24.3 Å². The fourth-order valence-corrected chi connectivity index (χ4v) is 2.82. The lowest BCUT2D eigenvalue weighted by molar-refractivity contribution is 0.00117. The topological polar surface area (TPSA) is 50.4 Å². The van der Waals surface area contributed by atoms with E-state index in [-0.39, 0.29) is 11.8 Å². The first kappa shape index (κ1) is 16.7. The van der Waals surface area contributed by atoms with Crippen LogP contribution >= 0.6 is 0 Å². The number of carbonyl (C=O) groups excluding carboxylic acids is 1. The molecule has 5 heteroatoms. The van der Waals surface area contributed by atoms with Crippen LogP contribution in [0.4, 0.5) is 9.18 Å². The van der Waals surface area contributed by atoms with E-state index in [4.69, 9.17) is 4.74 Å². The maximum atomic E-state index is 13.4. The normalized spacial score (nSPS) is 21.4. The molecule has 2 atom stereocenters. The van der Waals surface area contributed by atoms with Crippen LogP contribution in [0.25, 0.3) is 0 Å². The molecule has 4 nitrogen and oxygen atoms in total. The molecule has 1 aromatic rings. The van der Waals surface area contributed by atoms with Gasteiger partial charge < -0.3 is 15.4 Å².